The van der Waals surface area contributed by atoms with E-state index in [0.29, 0.717) is 5.88 Å². The molecule has 0 saturated heterocycles. The average Bonchev–Trinajstić information content (AvgIpc) is 2.78. The fourth-order valence-electron chi connectivity index (χ4n) is 4.87. The quantitative estimate of drug-likeness (QED) is 0.537. The monoisotopic (exact) mass is 475 g/mol. The molecule has 3 N–H and O–H groups in total. The maximum atomic E-state index is 13.7. The molecule has 34 heavy (non-hydrogen) atoms. The van der Waals surface area contributed by atoms with Crippen molar-refractivity contribution in [2.24, 2.45) is 0 Å². The molecule has 2 heterocycles. The van der Waals surface area contributed by atoms with Gasteiger partial charge in [-0.2, -0.15) is 0 Å². The van der Waals surface area contributed by atoms with Gasteiger partial charge >= 0.3 is 6.09 Å². The second-order valence-corrected chi connectivity index (χ2v) is 9.41. The Morgan fingerprint density at radius 3 is 2.56 bits per heavy atom. The predicted octanol–water partition coefficient (Wildman–Crippen LogP) is 3.84. The fraction of sp³-hybridized carbons (Fsp3) is 0.520. The number of amides is 1. The minimum Gasteiger partial charge on any atom is -0.471 e. The standard InChI is InChI=1S/C25H31F2N3O4/c1-3-15-9-19-20(12-25(5-4-6-25)34-23(19)29-13-15)28-14-22(31)21(30(2)24(32)33)10-16-7-17(26)11-18(27)8-16/h7-9,11,13,20-22,28,31H,3-6,10,12,14H2,1-2H3,(H,32,33)/t20-,21-,22-/m0/s1. The van der Waals surface area contributed by atoms with Crippen LogP contribution in [0.5, 0.6) is 5.88 Å². The Labute approximate surface area is 197 Å². The molecule has 1 aliphatic carbocycles. The van der Waals surface area contributed by atoms with Gasteiger partial charge < -0.3 is 25.2 Å². The molecular weight excluding hydrogens is 444 g/mol. The third-order valence-corrected chi connectivity index (χ3v) is 7.06. The summed E-state index contributed by atoms with van der Waals surface area (Å²) in [6, 6.07) is 4.12. The zero-order chi connectivity index (χ0) is 24.5. The van der Waals surface area contributed by atoms with Crippen LogP contribution >= 0.6 is 0 Å². The highest BCUT2D eigenvalue weighted by atomic mass is 19.1. The first kappa shape index (κ1) is 24.3. The normalized spacial score (nSPS) is 20.1. The van der Waals surface area contributed by atoms with Crippen LogP contribution in [0.2, 0.25) is 0 Å². The molecule has 1 aliphatic heterocycles. The van der Waals surface area contributed by atoms with Gasteiger partial charge in [-0.3, -0.25) is 0 Å². The summed E-state index contributed by atoms with van der Waals surface area (Å²) in [5.41, 5.74) is 2.03. The van der Waals surface area contributed by atoms with Crippen molar-refractivity contribution in [1.82, 2.24) is 15.2 Å². The van der Waals surface area contributed by atoms with Gasteiger partial charge in [0.1, 0.15) is 17.2 Å². The number of nitrogens with zero attached hydrogens (tertiary/aromatic N) is 2. The number of aliphatic hydroxyl groups excluding tert-OH is 1. The molecule has 0 unspecified atom stereocenters. The molecular formula is C25H31F2N3O4. The second-order valence-electron chi connectivity index (χ2n) is 9.41. The lowest BCUT2D eigenvalue weighted by Crippen LogP contribution is -2.52. The molecule has 1 amide bonds. The first-order chi connectivity index (χ1) is 16.2. The van der Waals surface area contributed by atoms with Crippen molar-refractivity contribution in [2.75, 3.05) is 13.6 Å². The molecule has 2 aliphatic rings. The number of aliphatic hydroxyl groups is 1. The lowest BCUT2D eigenvalue weighted by Gasteiger charge is -2.47. The van der Waals surface area contributed by atoms with Gasteiger partial charge in [-0.25, -0.2) is 18.6 Å². The van der Waals surface area contributed by atoms with Gasteiger partial charge in [0, 0.05) is 43.9 Å². The number of ether oxygens (including phenoxy) is 1. The van der Waals surface area contributed by atoms with Crippen molar-refractivity contribution in [1.29, 1.82) is 0 Å². The maximum absolute atomic E-state index is 13.7. The SMILES string of the molecule is CCc1cnc2c(c1)[C@@H](NC[C@H](O)[C@H](Cc1cc(F)cc(F)c1)N(C)C(=O)O)CC1(CCC1)O2. The Kier molecular flexibility index (Phi) is 7.04. The second kappa shape index (κ2) is 9.84. The van der Waals surface area contributed by atoms with E-state index < -0.39 is 29.9 Å². The van der Waals surface area contributed by atoms with Gasteiger partial charge in [0.15, 0.2) is 0 Å². The van der Waals surface area contributed by atoms with E-state index in [-0.39, 0.29) is 30.2 Å². The number of aromatic nitrogens is 1. The molecule has 0 bridgehead atoms. The number of benzene rings is 1. The van der Waals surface area contributed by atoms with Crippen LogP contribution in [0.25, 0.3) is 0 Å². The summed E-state index contributed by atoms with van der Waals surface area (Å²) in [6.45, 7) is 2.14. The minimum absolute atomic E-state index is 0.0316. The van der Waals surface area contributed by atoms with E-state index in [1.165, 1.54) is 7.05 Å². The third kappa shape index (κ3) is 5.15. The first-order valence-electron chi connectivity index (χ1n) is 11.7. The predicted molar refractivity (Wildman–Crippen MR) is 122 cm³/mol. The molecule has 4 rings (SSSR count). The van der Waals surface area contributed by atoms with Crippen LogP contribution < -0.4 is 10.1 Å². The van der Waals surface area contributed by atoms with Gasteiger partial charge in [0.05, 0.1) is 12.1 Å². The molecule has 1 fully saturated rings. The fourth-order valence-corrected chi connectivity index (χ4v) is 4.87. The minimum atomic E-state index is -1.23. The lowest BCUT2D eigenvalue weighted by atomic mass is 9.73. The summed E-state index contributed by atoms with van der Waals surface area (Å²) in [7, 11) is 1.34. The van der Waals surface area contributed by atoms with E-state index in [4.69, 9.17) is 4.74 Å². The molecule has 0 radical (unpaired) electrons. The largest absolute Gasteiger partial charge is 0.471 e. The van der Waals surface area contributed by atoms with Gasteiger partial charge in [-0.05, 0) is 61.4 Å². The highest BCUT2D eigenvalue weighted by Crippen LogP contribution is 2.48. The number of aryl methyl sites for hydroxylation is 1. The van der Waals surface area contributed by atoms with Crippen molar-refractivity contribution >= 4 is 6.09 Å². The van der Waals surface area contributed by atoms with E-state index in [2.05, 4.69) is 16.4 Å². The highest BCUT2D eigenvalue weighted by Gasteiger charge is 2.46. The summed E-state index contributed by atoms with van der Waals surface area (Å²) in [5.74, 6) is -0.893. The summed E-state index contributed by atoms with van der Waals surface area (Å²) >= 11 is 0. The van der Waals surface area contributed by atoms with Crippen molar-refractivity contribution in [2.45, 2.75) is 69.2 Å². The molecule has 3 atom stereocenters. The summed E-state index contributed by atoms with van der Waals surface area (Å²) in [6.07, 6.45) is 3.98. The zero-order valence-electron chi connectivity index (χ0n) is 19.4. The molecule has 184 valence electrons. The van der Waals surface area contributed by atoms with Crippen LogP contribution in [0.4, 0.5) is 13.6 Å². The van der Waals surface area contributed by atoms with E-state index in [0.717, 1.165) is 66.3 Å². The van der Waals surface area contributed by atoms with Gasteiger partial charge in [-0.15, -0.1) is 0 Å². The van der Waals surface area contributed by atoms with Gasteiger partial charge in [-0.1, -0.05) is 6.92 Å². The Hall–Kier alpha value is -2.78. The van der Waals surface area contributed by atoms with Crippen LogP contribution in [0.15, 0.2) is 30.5 Å². The maximum Gasteiger partial charge on any atom is 0.407 e. The van der Waals surface area contributed by atoms with Crippen LogP contribution in [0.1, 0.15) is 55.3 Å². The van der Waals surface area contributed by atoms with Crippen molar-refractivity contribution < 1.29 is 28.5 Å². The van der Waals surface area contributed by atoms with Crippen molar-refractivity contribution in [3.8, 4) is 5.88 Å². The zero-order valence-corrected chi connectivity index (χ0v) is 19.4. The smallest absolute Gasteiger partial charge is 0.407 e. The molecule has 1 spiro atoms. The number of hydrogen-bond acceptors (Lipinski definition) is 5. The number of fused-ring (bicyclic) bond motifs is 1. The highest BCUT2D eigenvalue weighted by molar-refractivity contribution is 5.65. The van der Waals surface area contributed by atoms with E-state index in [9.17, 15) is 23.8 Å². The molecule has 9 heteroatoms. The lowest BCUT2D eigenvalue weighted by molar-refractivity contribution is -0.0425. The number of nitrogens with one attached hydrogen (secondary N) is 1. The Morgan fingerprint density at radius 1 is 1.26 bits per heavy atom. The van der Waals surface area contributed by atoms with Crippen molar-refractivity contribution in [3.05, 3.63) is 58.8 Å². The molecule has 1 aromatic heterocycles. The van der Waals surface area contributed by atoms with Crippen molar-refractivity contribution in [3.63, 3.8) is 0 Å². The molecule has 1 aromatic carbocycles. The van der Waals surface area contributed by atoms with Crippen LogP contribution in [0.3, 0.4) is 0 Å². The molecule has 7 nitrogen and oxygen atoms in total. The number of carboxylic acid groups (broad SMARTS) is 1. The van der Waals surface area contributed by atoms with E-state index >= 15 is 0 Å². The number of hydrogen-bond donors (Lipinski definition) is 3. The number of likely N-dealkylation sites (N-methyl/N-ethyl adjacent to an activating group) is 1. The summed E-state index contributed by atoms with van der Waals surface area (Å²) in [4.78, 5) is 17.2. The Balaban J connectivity index is 1.52. The number of carbonyl (C=O) groups is 1. The number of pyridine rings is 1. The summed E-state index contributed by atoms with van der Waals surface area (Å²) < 4.78 is 33.6. The Morgan fingerprint density at radius 2 is 1.97 bits per heavy atom. The van der Waals surface area contributed by atoms with Crippen LogP contribution in [0, 0.1) is 11.6 Å². The Bertz CT molecular complexity index is 1030. The first-order valence-corrected chi connectivity index (χ1v) is 11.7. The van der Waals surface area contributed by atoms with Crippen LogP contribution in [-0.4, -0.2) is 57.5 Å². The van der Waals surface area contributed by atoms with E-state index in [1.54, 1.807) is 0 Å². The number of rotatable bonds is 8. The van der Waals surface area contributed by atoms with Gasteiger partial charge in [0.25, 0.3) is 0 Å². The third-order valence-electron chi connectivity index (χ3n) is 7.06. The molecule has 1 saturated carbocycles. The number of halogens is 2. The van der Waals surface area contributed by atoms with E-state index in [1.807, 2.05) is 13.1 Å². The average molecular weight is 476 g/mol. The van der Waals surface area contributed by atoms with Crippen LogP contribution in [-0.2, 0) is 12.8 Å². The van der Waals surface area contributed by atoms with Gasteiger partial charge in [0.2, 0.25) is 5.88 Å². The topological polar surface area (TPSA) is 94.9 Å². The molecule has 2 aromatic rings. The summed E-state index contributed by atoms with van der Waals surface area (Å²) in [5, 5.41) is 23.9.